The number of amides is 1. The Balaban J connectivity index is 1.60. The molecule has 26 heavy (non-hydrogen) atoms. The molecule has 1 amide bonds. The number of benzene rings is 1. The van der Waals surface area contributed by atoms with Crippen LogP contribution in [0.15, 0.2) is 30.5 Å². The van der Waals surface area contributed by atoms with Crippen LogP contribution in [0.1, 0.15) is 35.3 Å². The van der Waals surface area contributed by atoms with Crippen molar-refractivity contribution in [2.75, 3.05) is 13.1 Å². The van der Waals surface area contributed by atoms with Crippen LogP contribution < -0.4 is 0 Å². The summed E-state index contributed by atoms with van der Waals surface area (Å²) >= 11 is 0. The van der Waals surface area contributed by atoms with Gasteiger partial charge < -0.3 is 10.0 Å². The van der Waals surface area contributed by atoms with Crippen LogP contribution in [0.2, 0.25) is 0 Å². The molecular formula is C19H20FN3O3. The molecule has 1 aromatic heterocycles. The first-order valence-corrected chi connectivity index (χ1v) is 8.75. The standard InChI is InChI=1S/C19H20FN3O3/c1-12-16(9-21-23(12)15-6-4-14(20)5-7-15)17(24)22-10-13-3-2-8-19(13,11-22)18(25)26/h4-7,9,13H,2-3,8,10-11H2,1H3,(H,25,26)/t13-,19+/m0/s1. The van der Waals surface area contributed by atoms with Gasteiger partial charge in [0.1, 0.15) is 5.82 Å². The van der Waals surface area contributed by atoms with E-state index in [1.807, 2.05) is 0 Å². The fourth-order valence-electron chi connectivity index (χ4n) is 4.43. The first-order chi connectivity index (χ1) is 12.4. The minimum Gasteiger partial charge on any atom is -0.481 e. The SMILES string of the molecule is Cc1c(C(=O)N2C[C@@H]3CCC[C@@]3(C(=O)O)C2)cnn1-c1ccc(F)cc1. The van der Waals surface area contributed by atoms with Crippen molar-refractivity contribution in [1.29, 1.82) is 0 Å². The van der Waals surface area contributed by atoms with Crippen molar-refractivity contribution in [2.24, 2.45) is 11.3 Å². The summed E-state index contributed by atoms with van der Waals surface area (Å²) in [5.74, 6) is -1.30. The second kappa shape index (κ2) is 5.93. The first kappa shape index (κ1) is 16.8. The lowest BCUT2D eigenvalue weighted by atomic mass is 9.81. The Bertz CT molecular complexity index is 877. The number of aromatic nitrogens is 2. The van der Waals surface area contributed by atoms with E-state index in [4.69, 9.17) is 0 Å². The summed E-state index contributed by atoms with van der Waals surface area (Å²) < 4.78 is 14.7. The number of nitrogens with zero attached hydrogens (tertiary/aromatic N) is 3. The van der Waals surface area contributed by atoms with Gasteiger partial charge in [-0.3, -0.25) is 9.59 Å². The van der Waals surface area contributed by atoms with Gasteiger partial charge in [-0.1, -0.05) is 6.42 Å². The van der Waals surface area contributed by atoms with Crippen LogP contribution in [0.4, 0.5) is 4.39 Å². The van der Waals surface area contributed by atoms with E-state index in [2.05, 4.69) is 5.10 Å². The van der Waals surface area contributed by atoms with Gasteiger partial charge in [0, 0.05) is 13.1 Å². The maximum Gasteiger partial charge on any atom is 0.311 e. The zero-order valence-corrected chi connectivity index (χ0v) is 14.5. The number of hydrogen-bond donors (Lipinski definition) is 1. The van der Waals surface area contributed by atoms with Crippen molar-refractivity contribution in [3.05, 3.63) is 47.5 Å². The van der Waals surface area contributed by atoms with Crippen molar-refractivity contribution in [2.45, 2.75) is 26.2 Å². The molecule has 2 heterocycles. The van der Waals surface area contributed by atoms with E-state index < -0.39 is 11.4 Å². The average molecular weight is 357 g/mol. The second-order valence-corrected chi connectivity index (χ2v) is 7.27. The lowest BCUT2D eigenvalue weighted by Crippen LogP contribution is -2.37. The zero-order chi connectivity index (χ0) is 18.5. The molecule has 136 valence electrons. The van der Waals surface area contributed by atoms with Crippen LogP contribution in [0.3, 0.4) is 0 Å². The van der Waals surface area contributed by atoms with E-state index >= 15 is 0 Å². The molecule has 1 N–H and O–H groups in total. The summed E-state index contributed by atoms with van der Waals surface area (Å²) in [5.41, 5.74) is 0.984. The Morgan fingerprint density at radius 2 is 2.04 bits per heavy atom. The number of carbonyl (C=O) groups excluding carboxylic acids is 1. The third kappa shape index (κ3) is 2.41. The van der Waals surface area contributed by atoms with Crippen molar-refractivity contribution in [1.82, 2.24) is 14.7 Å². The lowest BCUT2D eigenvalue weighted by Gasteiger charge is -2.23. The molecular weight excluding hydrogens is 337 g/mol. The molecule has 0 unspecified atom stereocenters. The third-order valence-electron chi connectivity index (χ3n) is 5.90. The quantitative estimate of drug-likeness (QED) is 0.916. The Kier molecular flexibility index (Phi) is 3.82. The van der Waals surface area contributed by atoms with E-state index in [1.165, 1.54) is 18.3 Å². The molecule has 1 aliphatic carbocycles. The number of halogens is 1. The molecule has 0 bridgehead atoms. The highest BCUT2D eigenvalue weighted by Crippen LogP contribution is 2.49. The highest BCUT2D eigenvalue weighted by molar-refractivity contribution is 5.96. The van der Waals surface area contributed by atoms with E-state index in [1.54, 1.807) is 28.6 Å². The molecule has 2 aliphatic rings. The molecule has 1 saturated carbocycles. The van der Waals surface area contributed by atoms with Crippen LogP contribution in [0.25, 0.3) is 5.69 Å². The second-order valence-electron chi connectivity index (χ2n) is 7.27. The number of likely N-dealkylation sites (tertiary alicyclic amines) is 1. The molecule has 0 spiro atoms. The predicted octanol–water partition coefficient (Wildman–Crippen LogP) is 2.65. The topological polar surface area (TPSA) is 75.4 Å². The minimum absolute atomic E-state index is 0.0244. The smallest absolute Gasteiger partial charge is 0.311 e. The minimum atomic E-state index is -0.797. The van der Waals surface area contributed by atoms with Crippen molar-refractivity contribution in [3.8, 4) is 5.69 Å². The average Bonchev–Trinajstić information content (AvgIpc) is 3.27. The van der Waals surface area contributed by atoms with Gasteiger partial charge >= 0.3 is 5.97 Å². The zero-order valence-electron chi connectivity index (χ0n) is 14.5. The maximum absolute atomic E-state index is 13.1. The fraction of sp³-hybridized carbons (Fsp3) is 0.421. The van der Waals surface area contributed by atoms with Crippen LogP contribution in [0.5, 0.6) is 0 Å². The molecule has 7 heteroatoms. The molecule has 2 aromatic rings. The van der Waals surface area contributed by atoms with Gasteiger partial charge in [-0.25, -0.2) is 9.07 Å². The summed E-state index contributed by atoms with van der Waals surface area (Å²) in [7, 11) is 0. The number of carboxylic acid groups (broad SMARTS) is 1. The van der Waals surface area contributed by atoms with Gasteiger partial charge in [0.25, 0.3) is 5.91 Å². The van der Waals surface area contributed by atoms with Crippen molar-refractivity contribution < 1.29 is 19.1 Å². The molecule has 1 saturated heterocycles. The maximum atomic E-state index is 13.1. The summed E-state index contributed by atoms with van der Waals surface area (Å²) in [6.07, 6.45) is 3.89. The Hall–Kier alpha value is -2.70. The summed E-state index contributed by atoms with van der Waals surface area (Å²) in [5, 5.41) is 14.0. The van der Waals surface area contributed by atoms with Gasteiger partial charge in [0.2, 0.25) is 0 Å². The van der Waals surface area contributed by atoms with Crippen LogP contribution in [0, 0.1) is 24.1 Å². The summed E-state index contributed by atoms with van der Waals surface area (Å²) in [4.78, 5) is 26.4. The highest BCUT2D eigenvalue weighted by Gasteiger charge is 2.56. The normalized spacial score (nSPS) is 24.7. The number of rotatable bonds is 3. The van der Waals surface area contributed by atoms with E-state index in [9.17, 15) is 19.1 Å². The van der Waals surface area contributed by atoms with Gasteiger partial charge in [-0.15, -0.1) is 0 Å². The van der Waals surface area contributed by atoms with Gasteiger partial charge in [-0.05, 0) is 49.9 Å². The lowest BCUT2D eigenvalue weighted by molar-refractivity contribution is -0.149. The monoisotopic (exact) mass is 357 g/mol. The molecule has 0 radical (unpaired) electrons. The third-order valence-corrected chi connectivity index (χ3v) is 5.90. The van der Waals surface area contributed by atoms with E-state index in [-0.39, 0.29) is 24.2 Å². The summed E-state index contributed by atoms with van der Waals surface area (Å²) in [6, 6.07) is 5.89. The Labute approximate surface area is 150 Å². The first-order valence-electron chi connectivity index (χ1n) is 8.75. The molecule has 1 aromatic carbocycles. The number of carbonyl (C=O) groups is 2. The number of fused-ring (bicyclic) bond motifs is 1. The predicted molar refractivity (Wildman–Crippen MR) is 91.6 cm³/mol. The fourth-order valence-corrected chi connectivity index (χ4v) is 4.43. The molecule has 2 atom stereocenters. The number of hydrogen-bond acceptors (Lipinski definition) is 3. The van der Waals surface area contributed by atoms with Gasteiger partial charge in [0.15, 0.2) is 0 Å². The van der Waals surface area contributed by atoms with Crippen LogP contribution in [-0.4, -0.2) is 44.8 Å². The highest BCUT2D eigenvalue weighted by atomic mass is 19.1. The number of aliphatic carboxylic acids is 1. The van der Waals surface area contributed by atoms with Gasteiger partial charge in [-0.2, -0.15) is 5.10 Å². The van der Waals surface area contributed by atoms with Crippen LogP contribution >= 0.6 is 0 Å². The Morgan fingerprint density at radius 3 is 2.69 bits per heavy atom. The van der Waals surface area contributed by atoms with Crippen molar-refractivity contribution >= 4 is 11.9 Å². The largest absolute Gasteiger partial charge is 0.481 e. The molecule has 2 fully saturated rings. The van der Waals surface area contributed by atoms with Gasteiger partial charge in [0.05, 0.1) is 28.6 Å². The molecule has 1 aliphatic heterocycles. The van der Waals surface area contributed by atoms with E-state index in [0.717, 1.165) is 12.8 Å². The number of carboxylic acids is 1. The van der Waals surface area contributed by atoms with E-state index in [0.29, 0.717) is 29.9 Å². The summed E-state index contributed by atoms with van der Waals surface area (Å²) in [6.45, 7) is 2.52. The molecule has 4 rings (SSSR count). The molecule has 6 nitrogen and oxygen atoms in total. The Morgan fingerprint density at radius 1 is 1.31 bits per heavy atom. The van der Waals surface area contributed by atoms with Crippen LogP contribution in [-0.2, 0) is 4.79 Å². The van der Waals surface area contributed by atoms with Crippen molar-refractivity contribution in [3.63, 3.8) is 0 Å².